The van der Waals surface area contributed by atoms with Crippen LogP contribution in [0.2, 0.25) is 0 Å². The van der Waals surface area contributed by atoms with E-state index in [2.05, 4.69) is 54.8 Å². The number of aliphatic carboxylic acids is 1. The number of rotatable bonds is 43. The number of carbonyl (C=O) groups excluding carboxylic acids is 2. The van der Waals surface area contributed by atoms with Crippen LogP contribution >= 0.6 is 7.82 Å². The summed E-state index contributed by atoms with van der Waals surface area (Å²) in [6, 6.07) is -1.52. The standard InChI is InChI=1S/C46H84NO10P/c1-3-5-7-9-11-13-15-17-19-20-21-22-24-26-28-30-32-34-36-38-45(49)57-42(40-55-58(52,53)56-41-43(47)46(50)51)39-54-44(48)37-35-33-31-29-27-25-23-18-16-14-12-10-8-6-4-2/h6,8,12,14,18,23,42-43H,3-5,7,9-11,13,15-17,19-22,24-41,47H2,1-2H3,(H,50,51)(H,52,53)/b8-6+,14-12+,23-18+/t42-,43+/m1/s1. The Balaban J connectivity index is 4.31. The van der Waals surface area contributed by atoms with Crippen molar-refractivity contribution in [3.05, 3.63) is 36.5 Å². The molecule has 0 aliphatic carbocycles. The van der Waals surface area contributed by atoms with Crippen molar-refractivity contribution in [3.63, 3.8) is 0 Å². The first-order chi connectivity index (χ1) is 28.1. The van der Waals surface area contributed by atoms with E-state index in [-0.39, 0.29) is 19.4 Å². The van der Waals surface area contributed by atoms with Crippen LogP contribution in [0.4, 0.5) is 0 Å². The largest absolute Gasteiger partial charge is 0.480 e. The Kier molecular flexibility index (Phi) is 39.8. The molecule has 0 amide bonds. The zero-order chi connectivity index (χ0) is 42.8. The molecule has 0 heterocycles. The maximum Gasteiger partial charge on any atom is 0.472 e. The monoisotopic (exact) mass is 842 g/mol. The molecule has 338 valence electrons. The quantitative estimate of drug-likeness (QED) is 0.0231. The molecule has 11 nitrogen and oxygen atoms in total. The Morgan fingerprint density at radius 1 is 0.552 bits per heavy atom. The summed E-state index contributed by atoms with van der Waals surface area (Å²) in [6.45, 7) is 2.70. The zero-order valence-electron chi connectivity index (χ0n) is 36.6. The molecule has 0 aromatic heterocycles. The molecule has 1 unspecified atom stereocenters. The third-order valence-electron chi connectivity index (χ3n) is 9.90. The number of hydrogen-bond donors (Lipinski definition) is 3. The number of unbranched alkanes of at least 4 members (excludes halogenated alkanes) is 23. The minimum atomic E-state index is -4.72. The van der Waals surface area contributed by atoms with E-state index >= 15 is 0 Å². The van der Waals surface area contributed by atoms with E-state index in [9.17, 15) is 23.8 Å². The molecular weight excluding hydrogens is 757 g/mol. The number of carboxylic acids is 1. The fourth-order valence-corrected chi connectivity index (χ4v) is 7.09. The van der Waals surface area contributed by atoms with Crippen LogP contribution in [-0.4, -0.2) is 59.9 Å². The van der Waals surface area contributed by atoms with Gasteiger partial charge < -0.3 is 25.2 Å². The summed E-state index contributed by atoms with van der Waals surface area (Å²) >= 11 is 0. The molecule has 4 N–H and O–H groups in total. The van der Waals surface area contributed by atoms with Crippen LogP contribution in [0.1, 0.15) is 206 Å². The first-order valence-corrected chi connectivity index (χ1v) is 24.5. The van der Waals surface area contributed by atoms with Gasteiger partial charge in [0.05, 0.1) is 13.2 Å². The average molecular weight is 842 g/mol. The molecule has 0 fully saturated rings. The van der Waals surface area contributed by atoms with Crippen molar-refractivity contribution in [3.8, 4) is 0 Å². The van der Waals surface area contributed by atoms with Crippen molar-refractivity contribution in [1.29, 1.82) is 0 Å². The van der Waals surface area contributed by atoms with E-state index in [1.165, 1.54) is 96.3 Å². The second kappa shape index (κ2) is 41.4. The van der Waals surface area contributed by atoms with Crippen LogP contribution in [0.25, 0.3) is 0 Å². The van der Waals surface area contributed by atoms with E-state index in [1.807, 2.05) is 0 Å². The van der Waals surface area contributed by atoms with Gasteiger partial charge in [-0.1, -0.05) is 185 Å². The van der Waals surface area contributed by atoms with E-state index < -0.39 is 51.1 Å². The number of ether oxygens (including phenoxy) is 2. The van der Waals surface area contributed by atoms with E-state index in [0.29, 0.717) is 12.8 Å². The molecule has 0 aliphatic rings. The number of esters is 2. The van der Waals surface area contributed by atoms with Crippen LogP contribution in [-0.2, 0) is 37.5 Å². The lowest BCUT2D eigenvalue weighted by Gasteiger charge is -2.20. The molecule has 0 saturated heterocycles. The number of phosphoric acid groups is 1. The molecule has 0 spiro atoms. The van der Waals surface area contributed by atoms with Crippen molar-refractivity contribution in [2.75, 3.05) is 19.8 Å². The van der Waals surface area contributed by atoms with Crippen LogP contribution in [0.5, 0.6) is 0 Å². The highest BCUT2D eigenvalue weighted by atomic mass is 31.2. The molecule has 0 rings (SSSR count). The van der Waals surface area contributed by atoms with E-state index in [1.54, 1.807) is 0 Å². The average Bonchev–Trinajstić information content (AvgIpc) is 3.20. The van der Waals surface area contributed by atoms with Gasteiger partial charge in [-0.05, 0) is 44.9 Å². The Labute approximate surface area is 353 Å². The second-order valence-corrected chi connectivity index (χ2v) is 17.0. The minimum Gasteiger partial charge on any atom is -0.480 e. The molecule has 0 radical (unpaired) electrons. The van der Waals surface area contributed by atoms with Crippen molar-refractivity contribution >= 4 is 25.7 Å². The van der Waals surface area contributed by atoms with Gasteiger partial charge in [0.15, 0.2) is 6.10 Å². The fraction of sp³-hybridized carbons (Fsp3) is 0.804. The number of hydrogen-bond acceptors (Lipinski definition) is 9. The SMILES string of the molecule is CC/C=C/C/C=C/C/C=C/CCCCCCCC(=O)OC[C@H](COP(=O)(O)OC[C@H](N)C(=O)O)OC(=O)CCCCCCCCCCCCCCCCCCCCC. The highest BCUT2D eigenvalue weighted by Crippen LogP contribution is 2.43. The molecular formula is C46H84NO10P. The number of allylic oxidation sites excluding steroid dienone is 6. The van der Waals surface area contributed by atoms with Crippen LogP contribution < -0.4 is 5.73 Å². The zero-order valence-corrected chi connectivity index (χ0v) is 37.5. The first-order valence-electron chi connectivity index (χ1n) is 23.0. The molecule has 12 heteroatoms. The Morgan fingerprint density at radius 2 is 0.966 bits per heavy atom. The number of carboxylic acid groups (broad SMARTS) is 1. The molecule has 0 aromatic rings. The predicted molar refractivity (Wildman–Crippen MR) is 235 cm³/mol. The lowest BCUT2D eigenvalue weighted by atomic mass is 10.0. The molecule has 0 aliphatic heterocycles. The summed E-state index contributed by atoms with van der Waals surface area (Å²) < 4.78 is 32.7. The summed E-state index contributed by atoms with van der Waals surface area (Å²) in [5, 5.41) is 8.90. The summed E-state index contributed by atoms with van der Waals surface area (Å²) in [4.78, 5) is 46.0. The third kappa shape index (κ3) is 40.5. The van der Waals surface area contributed by atoms with Gasteiger partial charge in [0, 0.05) is 12.8 Å². The molecule has 0 saturated carbocycles. The summed E-state index contributed by atoms with van der Waals surface area (Å²) in [5.74, 6) is -2.39. The minimum absolute atomic E-state index is 0.161. The number of carbonyl (C=O) groups is 3. The fourth-order valence-electron chi connectivity index (χ4n) is 6.32. The number of nitrogens with two attached hydrogens (primary N) is 1. The Bertz CT molecular complexity index is 1130. The lowest BCUT2D eigenvalue weighted by Crippen LogP contribution is -2.34. The summed E-state index contributed by atoms with van der Waals surface area (Å²) in [5.41, 5.74) is 5.34. The van der Waals surface area contributed by atoms with Gasteiger partial charge in [0.1, 0.15) is 12.6 Å². The van der Waals surface area contributed by atoms with Gasteiger partial charge in [-0.2, -0.15) is 0 Å². The molecule has 0 aromatic carbocycles. The summed E-state index contributed by atoms with van der Waals surface area (Å²) in [7, 11) is -4.72. The number of phosphoric ester groups is 1. The highest BCUT2D eigenvalue weighted by molar-refractivity contribution is 7.47. The Hall–Kier alpha value is -2.30. The topological polar surface area (TPSA) is 172 Å². The smallest absolute Gasteiger partial charge is 0.472 e. The summed E-state index contributed by atoms with van der Waals surface area (Å²) in [6.07, 6.45) is 44.9. The first kappa shape index (κ1) is 55.7. The van der Waals surface area contributed by atoms with E-state index in [4.69, 9.17) is 24.8 Å². The second-order valence-electron chi connectivity index (χ2n) is 15.5. The maximum absolute atomic E-state index is 12.7. The van der Waals surface area contributed by atoms with Gasteiger partial charge >= 0.3 is 25.7 Å². The predicted octanol–water partition coefficient (Wildman–Crippen LogP) is 12.4. The van der Waals surface area contributed by atoms with Crippen LogP contribution in [0, 0.1) is 0 Å². The van der Waals surface area contributed by atoms with Gasteiger partial charge in [0.25, 0.3) is 0 Å². The van der Waals surface area contributed by atoms with Crippen molar-refractivity contribution in [1.82, 2.24) is 0 Å². The van der Waals surface area contributed by atoms with Gasteiger partial charge in [-0.25, -0.2) is 4.57 Å². The molecule has 58 heavy (non-hydrogen) atoms. The third-order valence-corrected chi connectivity index (χ3v) is 10.9. The van der Waals surface area contributed by atoms with Crippen LogP contribution in [0.15, 0.2) is 36.5 Å². The molecule has 0 bridgehead atoms. The van der Waals surface area contributed by atoms with Crippen LogP contribution in [0.3, 0.4) is 0 Å². The maximum atomic E-state index is 12.7. The van der Waals surface area contributed by atoms with Gasteiger partial charge in [-0.15, -0.1) is 0 Å². The van der Waals surface area contributed by atoms with Crippen molar-refractivity contribution in [2.45, 2.75) is 219 Å². The Morgan fingerprint density at radius 3 is 1.45 bits per heavy atom. The highest BCUT2D eigenvalue weighted by Gasteiger charge is 2.28. The van der Waals surface area contributed by atoms with Gasteiger partial charge in [-0.3, -0.25) is 23.4 Å². The van der Waals surface area contributed by atoms with Gasteiger partial charge in [0.2, 0.25) is 0 Å². The van der Waals surface area contributed by atoms with Crippen molar-refractivity contribution in [2.24, 2.45) is 5.73 Å². The van der Waals surface area contributed by atoms with E-state index in [0.717, 1.165) is 70.6 Å². The molecule has 3 atom stereocenters. The van der Waals surface area contributed by atoms with Crippen molar-refractivity contribution < 1.29 is 47.5 Å². The normalized spacial score (nSPS) is 14.0. The lowest BCUT2D eigenvalue weighted by molar-refractivity contribution is -0.161.